The molecule has 0 aliphatic rings. The van der Waals surface area contributed by atoms with Crippen molar-refractivity contribution in [3.63, 3.8) is 0 Å². The average Bonchev–Trinajstić information content (AvgIpc) is 3.37. The molecule has 0 saturated heterocycles. The maximum Gasteiger partial charge on any atom is 0.329 e. The van der Waals surface area contributed by atoms with Crippen LogP contribution in [0.25, 0.3) is 11.4 Å². The summed E-state index contributed by atoms with van der Waals surface area (Å²) >= 11 is 0. The number of benzene rings is 1. The van der Waals surface area contributed by atoms with E-state index in [1.54, 1.807) is 17.0 Å². The van der Waals surface area contributed by atoms with Crippen molar-refractivity contribution in [2.45, 2.75) is 91.5 Å². The number of imidazole rings is 1. The molecule has 194 valence electrons. The molecule has 6 nitrogen and oxygen atoms in total. The number of aromatic nitrogens is 2. The fourth-order valence-corrected chi connectivity index (χ4v) is 4.19. The third-order valence-corrected chi connectivity index (χ3v) is 6.70. The van der Waals surface area contributed by atoms with Crippen molar-refractivity contribution in [1.82, 2.24) is 9.55 Å². The van der Waals surface area contributed by atoms with Crippen molar-refractivity contribution < 1.29 is 19.1 Å². The van der Waals surface area contributed by atoms with Gasteiger partial charge in [-0.05, 0) is 24.7 Å². The number of ether oxygens (including phenoxy) is 2. The van der Waals surface area contributed by atoms with Crippen molar-refractivity contribution in [2.24, 2.45) is 11.8 Å². The molecule has 1 aromatic heterocycles. The van der Waals surface area contributed by atoms with Crippen LogP contribution in [0.1, 0.15) is 91.5 Å². The van der Waals surface area contributed by atoms with E-state index in [9.17, 15) is 9.59 Å². The Bertz CT molecular complexity index is 865. The summed E-state index contributed by atoms with van der Waals surface area (Å²) in [6, 6.07) is 8.85. The fourth-order valence-electron chi connectivity index (χ4n) is 4.19. The molecule has 0 bridgehead atoms. The van der Waals surface area contributed by atoms with E-state index in [1.165, 1.54) is 0 Å². The molecule has 0 saturated carbocycles. The molecule has 3 atom stereocenters. The molecule has 2 aromatic rings. The van der Waals surface area contributed by atoms with Gasteiger partial charge >= 0.3 is 11.9 Å². The van der Waals surface area contributed by atoms with Crippen LogP contribution < -0.4 is 0 Å². The Morgan fingerprint density at radius 3 is 2.06 bits per heavy atom. The van der Waals surface area contributed by atoms with E-state index in [1.807, 2.05) is 30.3 Å². The molecule has 0 spiro atoms. The number of carbonyl (C=O) groups is 2. The number of unbranched alkanes of at least 4 members (excludes halogenated alkanes) is 2. The van der Waals surface area contributed by atoms with E-state index >= 15 is 0 Å². The van der Waals surface area contributed by atoms with Crippen LogP contribution >= 0.6 is 0 Å². The molecule has 6 heteroatoms. The molecule has 35 heavy (non-hydrogen) atoms. The van der Waals surface area contributed by atoms with Gasteiger partial charge in [-0.1, -0.05) is 96.6 Å². The maximum absolute atomic E-state index is 13.3. The number of nitrogens with zero attached hydrogens (tertiary/aromatic N) is 2. The van der Waals surface area contributed by atoms with Crippen LogP contribution in [-0.4, -0.2) is 34.7 Å². The van der Waals surface area contributed by atoms with E-state index in [4.69, 9.17) is 9.47 Å². The number of carbonyl (C=O) groups excluding carboxylic acids is 2. The Kier molecular flexibility index (Phi) is 13.2. The van der Waals surface area contributed by atoms with Crippen molar-refractivity contribution in [3.05, 3.63) is 42.7 Å². The summed E-state index contributed by atoms with van der Waals surface area (Å²) in [7, 11) is 0. The van der Waals surface area contributed by atoms with Crippen LogP contribution in [0.4, 0.5) is 0 Å². The Balaban J connectivity index is 2.16. The van der Waals surface area contributed by atoms with Gasteiger partial charge in [0.05, 0.1) is 19.6 Å². The first-order valence-electron chi connectivity index (χ1n) is 13.4. The summed E-state index contributed by atoms with van der Waals surface area (Å²) in [5.74, 6) is 0.513. The van der Waals surface area contributed by atoms with Crippen LogP contribution in [0.3, 0.4) is 0 Å². The molecule has 0 amide bonds. The van der Waals surface area contributed by atoms with Crippen molar-refractivity contribution >= 4 is 11.9 Å². The Morgan fingerprint density at radius 1 is 0.886 bits per heavy atom. The van der Waals surface area contributed by atoms with Crippen LogP contribution in [0.5, 0.6) is 0 Å². The van der Waals surface area contributed by atoms with Gasteiger partial charge in [-0.15, -0.1) is 0 Å². The first kappa shape index (κ1) is 28.6. The predicted octanol–water partition coefficient (Wildman–Crippen LogP) is 7.00. The summed E-state index contributed by atoms with van der Waals surface area (Å²) in [4.78, 5) is 30.7. The van der Waals surface area contributed by atoms with Crippen LogP contribution in [0.15, 0.2) is 42.7 Å². The van der Waals surface area contributed by atoms with E-state index in [0.717, 1.165) is 56.9 Å². The highest BCUT2D eigenvalue weighted by Crippen LogP contribution is 2.25. The Labute approximate surface area is 211 Å². The molecule has 1 aromatic carbocycles. The molecule has 2 rings (SSSR count). The summed E-state index contributed by atoms with van der Waals surface area (Å²) in [5.41, 5.74) is 0.878. The number of esters is 2. The monoisotopic (exact) mass is 484 g/mol. The summed E-state index contributed by atoms with van der Waals surface area (Å²) in [6.07, 6.45) is 11.8. The summed E-state index contributed by atoms with van der Waals surface area (Å²) in [6.45, 7) is 9.32. The molecule has 0 fully saturated rings. The molecule has 1 heterocycles. The van der Waals surface area contributed by atoms with Gasteiger partial charge in [0.2, 0.25) is 0 Å². The Hall–Kier alpha value is -2.63. The molecule has 0 aliphatic carbocycles. The highest BCUT2D eigenvalue weighted by atomic mass is 16.5. The number of hydrogen-bond acceptors (Lipinski definition) is 5. The van der Waals surface area contributed by atoms with Gasteiger partial charge in [-0.25, -0.2) is 9.78 Å². The maximum atomic E-state index is 13.3. The average molecular weight is 485 g/mol. The van der Waals surface area contributed by atoms with Gasteiger partial charge in [0.15, 0.2) is 0 Å². The minimum atomic E-state index is -0.820. The molecule has 3 unspecified atom stereocenters. The largest absolute Gasteiger partial charge is 0.465 e. The third kappa shape index (κ3) is 9.50. The van der Waals surface area contributed by atoms with Crippen molar-refractivity contribution in [1.29, 1.82) is 0 Å². The van der Waals surface area contributed by atoms with Crippen LogP contribution in [0, 0.1) is 11.8 Å². The molecule has 0 N–H and O–H groups in total. The fraction of sp³-hybridized carbons (Fsp3) is 0.621. The van der Waals surface area contributed by atoms with E-state index in [0.29, 0.717) is 30.9 Å². The lowest BCUT2D eigenvalue weighted by atomic mass is 10.0. The van der Waals surface area contributed by atoms with Gasteiger partial charge in [0, 0.05) is 18.0 Å². The van der Waals surface area contributed by atoms with Gasteiger partial charge in [-0.3, -0.25) is 4.79 Å². The summed E-state index contributed by atoms with van der Waals surface area (Å²) in [5, 5.41) is 0. The van der Waals surface area contributed by atoms with Gasteiger partial charge in [0.1, 0.15) is 11.9 Å². The van der Waals surface area contributed by atoms with Gasteiger partial charge < -0.3 is 14.0 Å². The van der Waals surface area contributed by atoms with Gasteiger partial charge in [0.25, 0.3) is 0 Å². The highest BCUT2D eigenvalue weighted by molar-refractivity contribution is 5.82. The SMILES string of the molecule is CCCCC(CC)COC(=O)CC(C(=O)OCC(CC)CCCC)n1ccnc1-c1ccccc1. The smallest absolute Gasteiger partial charge is 0.329 e. The van der Waals surface area contributed by atoms with Gasteiger partial charge in [-0.2, -0.15) is 0 Å². The molecular weight excluding hydrogens is 440 g/mol. The zero-order valence-corrected chi connectivity index (χ0v) is 22.1. The zero-order valence-electron chi connectivity index (χ0n) is 22.1. The standard InChI is InChI=1S/C29H44N2O4/c1-5-9-14-23(7-3)21-34-27(32)20-26(29(33)35-22-24(8-4)15-10-6-2)31-19-18-30-28(31)25-16-12-11-13-17-25/h11-13,16-19,23-24,26H,5-10,14-15,20-22H2,1-4H3. The highest BCUT2D eigenvalue weighted by Gasteiger charge is 2.29. The van der Waals surface area contributed by atoms with Crippen LogP contribution in [0.2, 0.25) is 0 Å². The van der Waals surface area contributed by atoms with E-state index in [2.05, 4.69) is 32.7 Å². The number of rotatable bonds is 17. The summed E-state index contributed by atoms with van der Waals surface area (Å²) < 4.78 is 13.2. The van der Waals surface area contributed by atoms with Crippen LogP contribution in [-0.2, 0) is 19.1 Å². The van der Waals surface area contributed by atoms with E-state index < -0.39 is 12.0 Å². The molecular formula is C29H44N2O4. The lowest BCUT2D eigenvalue weighted by Gasteiger charge is -2.22. The topological polar surface area (TPSA) is 70.4 Å². The lowest BCUT2D eigenvalue weighted by molar-refractivity contribution is -0.156. The first-order valence-corrected chi connectivity index (χ1v) is 13.4. The minimum Gasteiger partial charge on any atom is -0.465 e. The van der Waals surface area contributed by atoms with Crippen molar-refractivity contribution in [3.8, 4) is 11.4 Å². The third-order valence-electron chi connectivity index (χ3n) is 6.70. The second kappa shape index (κ2) is 16.1. The lowest BCUT2D eigenvalue weighted by Crippen LogP contribution is -2.28. The Morgan fingerprint density at radius 2 is 1.49 bits per heavy atom. The second-order valence-corrected chi connectivity index (χ2v) is 9.39. The predicted molar refractivity (Wildman–Crippen MR) is 140 cm³/mol. The molecule has 0 radical (unpaired) electrons. The first-order chi connectivity index (χ1) is 17.0. The van der Waals surface area contributed by atoms with Crippen molar-refractivity contribution in [2.75, 3.05) is 13.2 Å². The quantitative estimate of drug-likeness (QED) is 0.226. The normalized spacial score (nSPS) is 13.7. The zero-order chi connectivity index (χ0) is 25.5. The second-order valence-electron chi connectivity index (χ2n) is 9.39. The minimum absolute atomic E-state index is 0.0784. The number of hydrogen-bond donors (Lipinski definition) is 0. The van der Waals surface area contributed by atoms with E-state index in [-0.39, 0.29) is 12.4 Å². The molecule has 0 aliphatic heterocycles.